The molecular weight excluding hydrogens is 396 g/mol. The average molecular weight is 409 g/mol. The molecule has 0 atom stereocenters. The minimum Gasteiger partial charge on any atom is -0.497 e. The van der Waals surface area contributed by atoms with Crippen LogP contribution in [-0.2, 0) is 10.0 Å². The zero-order valence-electron chi connectivity index (χ0n) is 14.3. The molecule has 0 bridgehead atoms. The summed E-state index contributed by atoms with van der Waals surface area (Å²) in [5.74, 6) is -4.13. The number of ether oxygens (including phenoxy) is 2. The number of rotatable bonds is 5. The molecule has 0 radical (unpaired) electrons. The van der Waals surface area contributed by atoms with Gasteiger partial charge in [0.05, 0.1) is 12.0 Å². The van der Waals surface area contributed by atoms with Crippen molar-refractivity contribution in [2.45, 2.75) is 4.90 Å². The smallest absolute Gasteiger partial charge is 0.350 e. The minimum atomic E-state index is -4.21. The molecule has 28 heavy (non-hydrogen) atoms. The van der Waals surface area contributed by atoms with Crippen LogP contribution in [0.3, 0.4) is 0 Å². The van der Waals surface area contributed by atoms with Crippen LogP contribution in [0.1, 0.15) is 10.4 Å². The van der Waals surface area contributed by atoms with E-state index in [0.717, 1.165) is 24.3 Å². The van der Waals surface area contributed by atoms with Gasteiger partial charge in [-0.15, -0.1) is 9.19 Å². The molecule has 1 heterocycles. The fraction of sp³-hybridized carbons (Fsp3) is 0.0588. The number of halogens is 2. The molecule has 1 aromatic heterocycles. The van der Waals surface area contributed by atoms with Crippen LogP contribution in [0.25, 0.3) is 0 Å². The van der Waals surface area contributed by atoms with Gasteiger partial charge in [0, 0.05) is 6.07 Å². The molecule has 0 aliphatic rings. The monoisotopic (exact) mass is 409 g/mol. The summed E-state index contributed by atoms with van der Waals surface area (Å²) < 4.78 is 62.8. The molecule has 3 rings (SSSR count). The number of nitrogens with two attached hydrogens (primary N) is 1. The third-order valence-corrected chi connectivity index (χ3v) is 5.25. The number of nitrogen functional groups attached to an aromatic ring is 1. The third kappa shape index (κ3) is 3.51. The van der Waals surface area contributed by atoms with Crippen molar-refractivity contribution < 1.29 is 31.5 Å². The highest BCUT2D eigenvalue weighted by molar-refractivity contribution is 7.90. The van der Waals surface area contributed by atoms with Crippen LogP contribution in [0.15, 0.2) is 53.4 Å². The van der Waals surface area contributed by atoms with Gasteiger partial charge in [0.15, 0.2) is 0 Å². The first-order valence-corrected chi connectivity index (χ1v) is 9.09. The zero-order valence-corrected chi connectivity index (χ0v) is 15.1. The van der Waals surface area contributed by atoms with Crippen LogP contribution in [0.4, 0.5) is 14.6 Å². The standard InChI is InChI=1S/C17H13F2N3O5S/c1-26-10-5-7-11(8-6-10)28(24,25)22-14(20)9-15(21-22)27-17(23)16-12(18)3-2-4-13(16)19/h2-9H,20H2,1H3. The largest absolute Gasteiger partial charge is 0.497 e. The highest BCUT2D eigenvalue weighted by Crippen LogP contribution is 2.24. The molecule has 0 fully saturated rings. The predicted octanol–water partition coefficient (Wildman–Crippen LogP) is 2.21. The molecule has 11 heteroatoms. The first-order valence-electron chi connectivity index (χ1n) is 7.65. The van der Waals surface area contributed by atoms with E-state index in [-0.39, 0.29) is 10.7 Å². The van der Waals surface area contributed by atoms with E-state index in [0.29, 0.717) is 9.84 Å². The van der Waals surface area contributed by atoms with Crippen LogP contribution in [0.2, 0.25) is 0 Å². The van der Waals surface area contributed by atoms with Gasteiger partial charge in [-0.2, -0.15) is 8.42 Å². The van der Waals surface area contributed by atoms with Gasteiger partial charge in [-0.25, -0.2) is 13.6 Å². The fourth-order valence-electron chi connectivity index (χ4n) is 2.29. The van der Waals surface area contributed by atoms with Crippen LogP contribution in [0.5, 0.6) is 11.6 Å². The van der Waals surface area contributed by atoms with Gasteiger partial charge < -0.3 is 15.2 Å². The number of hydrogen-bond donors (Lipinski definition) is 1. The molecule has 0 amide bonds. The summed E-state index contributed by atoms with van der Waals surface area (Å²) in [7, 11) is -2.78. The lowest BCUT2D eigenvalue weighted by atomic mass is 10.2. The Bertz CT molecular complexity index is 1120. The van der Waals surface area contributed by atoms with Crippen molar-refractivity contribution in [1.82, 2.24) is 9.19 Å². The number of hydrogen-bond acceptors (Lipinski definition) is 7. The summed E-state index contributed by atoms with van der Waals surface area (Å²) in [6, 6.07) is 9.17. The van der Waals surface area contributed by atoms with Crippen molar-refractivity contribution in [2.75, 3.05) is 12.8 Å². The first-order chi connectivity index (χ1) is 13.2. The number of methoxy groups -OCH3 is 1. The summed E-state index contributed by atoms with van der Waals surface area (Å²) in [5.41, 5.74) is 4.72. The second-order valence-corrected chi connectivity index (χ2v) is 7.18. The minimum absolute atomic E-state index is 0.152. The normalized spacial score (nSPS) is 11.2. The Morgan fingerprint density at radius 3 is 2.29 bits per heavy atom. The topological polar surface area (TPSA) is 114 Å². The lowest BCUT2D eigenvalue weighted by molar-refractivity contribution is 0.0717. The van der Waals surface area contributed by atoms with Crippen molar-refractivity contribution in [2.24, 2.45) is 0 Å². The van der Waals surface area contributed by atoms with Crippen molar-refractivity contribution in [3.05, 3.63) is 65.7 Å². The number of aromatic nitrogens is 2. The van der Waals surface area contributed by atoms with Gasteiger partial charge in [0.2, 0.25) is 5.88 Å². The number of nitrogens with zero attached hydrogens (tertiary/aromatic N) is 2. The predicted molar refractivity (Wildman–Crippen MR) is 93.5 cm³/mol. The van der Waals surface area contributed by atoms with Gasteiger partial charge in [0.25, 0.3) is 10.0 Å². The highest BCUT2D eigenvalue weighted by Gasteiger charge is 2.25. The Morgan fingerprint density at radius 2 is 1.71 bits per heavy atom. The van der Waals surface area contributed by atoms with Crippen LogP contribution in [0, 0.1) is 11.6 Å². The molecule has 2 N–H and O–H groups in total. The average Bonchev–Trinajstić information content (AvgIpc) is 3.02. The van der Waals surface area contributed by atoms with Crippen molar-refractivity contribution in [3.8, 4) is 11.6 Å². The molecule has 0 unspecified atom stereocenters. The van der Waals surface area contributed by atoms with Gasteiger partial charge >= 0.3 is 5.97 Å². The summed E-state index contributed by atoms with van der Waals surface area (Å²) >= 11 is 0. The highest BCUT2D eigenvalue weighted by atomic mass is 32.2. The Hall–Kier alpha value is -3.47. The van der Waals surface area contributed by atoms with E-state index in [9.17, 15) is 22.0 Å². The number of carbonyl (C=O) groups excluding carboxylic acids is 1. The molecule has 2 aromatic carbocycles. The molecule has 146 valence electrons. The maximum absolute atomic E-state index is 13.7. The molecule has 0 saturated carbocycles. The second-order valence-electron chi connectivity index (χ2n) is 5.42. The summed E-state index contributed by atoms with van der Waals surface area (Å²) in [4.78, 5) is 11.9. The molecule has 0 spiro atoms. The number of benzene rings is 2. The molecule has 0 aliphatic heterocycles. The number of carbonyl (C=O) groups is 1. The van der Waals surface area contributed by atoms with Crippen LogP contribution in [-0.4, -0.2) is 30.7 Å². The van der Waals surface area contributed by atoms with Gasteiger partial charge in [-0.05, 0) is 36.4 Å². The quantitative estimate of drug-likeness (QED) is 0.643. The summed E-state index contributed by atoms with van der Waals surface area (Å²) in [6.45, 7) is 0. The molecule has 8 nitrogen and oxygen atoms in total. The Balaban J connectivity index is 1.91. The molecule has 0 saturated heterocycles. The summed E-state index contributed by atoms with van der Waals surface area (Å²) in [5, 5.41) is 3.61. The Labute approximate surface area is 158 Å². The van der Waals surface area contributed by atoms with E-state index >= 15 is 0 Å². The zero-order chi connectivity index (χ0) is 20.5. The summed E-state index contributed by atoms with van der Waals surface area (Å²) in [6.07, 6.45) is 0. The van der Waals surface area contributed by atoms with Crippen molar-refractivity contribution in [3.63, 3.8) is 0 Å². The molecule has 3 aromatic rings. The maximum Gasteiger partial charge on any atom is 0.350 e. The van der Waals surface area contributed by atoms with Crippen molar-refractivity contribution >= 4 is 21.8 Å². The third-order valence-electron chi connectivity index (χ3n) is 3.63. The van der Waals surface area contributed by atoms with E-state index in [1.54, 1.807) is 0 Å². The lowest BCUT2D eigenvalue weighted by Gasteiger charge is -2.07. The SMILES string of the molecule is COc1ccc(S(=O)(=O)n2nc(OC(=O)c3c(F)cccc3F)cc2N)cc1. The van der Waals surface area contributed by atoms with Gasteiger partial charge in [-0.3, -0.25) is 0 Å². The number of anilines is 1. The molecular formula is C17H13F2N3O5S. The maximum atomic E-state index is 13.7. The van der Waals surface area contributed by atoms with Crippen LogP contribution < -0.4 is 15.2 Å². The van der Waals surface area contributed by atoms with Gasteiger partial charge in [0.1, 0.15) is 28.8 Å². The number of esters is 1. The van der Waals surface area contributed by atoms with Gasteiger partial charge in [-0.1, -0.05) is 6.07 Å². The fourth-order valence-corrected chi connectivity index (χ4v) is 3.48. The Kier molecular flexibility index (Phi) is 5.01. The first kappa shape index (κ1) is 19.3. The van der Waals surface area contributed by atoms with Crippen molar-refractivity contribution in [1.29, 1.82) is 0 Å². The lowest BCUT2D eigenvalue weighted by Crippen LogP contribution is -2.17. The van der Waals surface area contributed by atoms with E-state index in [2.05, 4.69) is 5.10 Å². The van der Waals surface area contributed by atoms with Crippen LogP contribution >= 0.6 is 0 Å². The molecule has 0 aliphatic carbocycles. The van der Waals surface area contributed by atoms with E-state index in [4.69, 9.17) is 15.2 Å². The second kappa shape index (κ2) is 7.27. The van der Waals surface area contributed by atoms with E-state index in [1.165, 1.54) is 31.4 Å². The Morgan fingerprint density at radius 1 is 1.11 bits per heavy atom. The van der Waals surface area contributed by atoms with E-state index < -0.39 is 39.1 Å². The van der Waals surface area contributed by atoms with E-state index in [1.807, 2.05) is 0 Å².